The number of hydrogen-bond donors (Lipinski definition) is 1. The Labute approximate surface area is 146 Å². The van der Waals surface area contributed by atoms with Crippen molar-refractivity contribution in [2.24, 2.45) is 5.92 Å². The van der Waals surface area contributed by atoms with Gasteiger partial charge >= 0.3 is 5.97 Å². The topological polar surface area (TPSA) is 93.4 Å². The summed E-state index contributed by atoms with van der Waals surface area (Å²) in [5, 5.41) is 13.6. The molecule has 8 nitrogen and oxygen atoms in total. The zero-order valence-electron chi connectivity index (χ0n) is 14.8. The van der Waals surface area contributed by atoms with Gasteiger partial charge in [-0.05, 0) is 32.8 Å². The molecule has 0 atom stereocenters. The van der Waals surface area contributed by atoms with E-state index in [2.05, 4.69) is 20.0 Å². The van der Waals surface area contributed by atoms with Crippen LogP contribution < -0.4 is 4.90 Å². The van der Waals surface area contributed by atoms with E-state index in [1.54, 1.807) is 11.8 Å². The van der Waals surface area contributed by atoms with E-state index in [0.717, 1.165) is 22.9 Å². The quantitative estimate of drug-likeness (QED) is 0.882. The van der Waals surface area contributed by atoms with Gasteiger partial charge in [0.05, 0.1) is 23.9 Å². The molecule has 134 valence electrons. The molecule has 1 fully saturated rings. The van der Waals surface area contributed by atoms with E-state index in [9.17, 15) is 4.79 Å². The zero-order chi connectivity index (χ0) is 18.0. The van der Waals surface area contributed by atoms with Crippen molar-refractivity contribution in [1.82, 2.24) is 19.7 Å². The van der Waals surface area contributed by atoms with E-state index in [4.69, 9.17) is 9.84 Å². The summed E-state index contributed by atoms with van der Waals surface area (Å²) in [6.07, 6.45) is 1.24. The second-order valence-electron chi connectivity index (χ2n) is 6.39. The highest BCUT2D eigenvalue weighted by atomic mass is 16.5. The fourth-order valence-corrected chi connectivity index (χ4v) is 3.13. The number of hydrogen-bond acceptors (Lipinski definition) is 6. The Balaban J connectivity index is 1.91. The summed E-state index contributed by atoms with van der Waals surface area (Å²) in [6, 6.07) is 3.88. The zero-order valence-corrected chi connectivity index (χ0v) is 14.8. The van der Waals surface area contributed by atoms with Crippen molar-refractivity contribution >= 4 is 11.8 Å². The Morgan fingerprint density at radius 1 is 1.28 bits per heavy atom. The number of ether oxygens (including phenoxy) is 1. The van der Waals surface area contributed by atoms with Gasteiger partial charge < -0.3 is 14.7 Å². The molecule has 0 bridgehead atoms. The molecule has 3 heterocycles. The van der Waals surface area contributed by atoms with Crippen LogP contribution in [0, 0.1) is 19.8 Å². The number of carbonyl (C=O) groups is 1. The van der Waals surface area contributed by atoms with Gasteiger partial charge in [-0.3, -0.25) is 4.79 Å². The van der Waals surface area contributed by atoms with Gasteiger partial charge in [-0.25, -0.2) is 9.67 Å². The lowest BCUT2D eigenvalue weighted by atomic mass is 9.97. The van der Waals surface area contributed by atoms with Crippen molar-refractivity contribution in [3.8, 4) is 5.95 Å². The molecule has 1 aliphatic heterocycles. The van der Waals surface area contributed by atoms with Crippen molar-refractivity contribution < 1.29 is 14.6 Å². The summed E-state index contributed by atoms with van der Waals surface area (Å²) in [6.45, 7) is 5.60. The summed E-state index contributed by atoms with van der Waals surface area (Å²) in [7, 11) is 1.63. The van der Waals surface area contributed by atoms with Crippen molar-refractivity contribution in [3.05, 3.63) is 29.2 Å². The Morgan fingerprint density at radius 3 is 2.56 bits per heavy atom. The first-order chi connectivity index (χ1) is 12.0. The molecule has 2 aromatic rings. The average molecular weight is 345 g/mol. The van der Waals surface area contributed by atoms with E-state index in [1.807, 2.05) is 26.0 Å². The molecule has 0 radical (unpaired) electrons. The van der Waals surface area contributed by atoms with Gasteiger partial charge in [0.1, 0.15) is 5.82 Å². The van der Waals surface area contributed by atoms with Crippen LogP contribution in [0.15, 0.2) is 12.1 Å². The molecule has 0 saturated carbocycles. The number of carboxylic acid groups (broad SMARTS) is 1. The van der Waals surface area contributed by atoms with Crippen molar-refractivity contribution in [3.63, 3.8) is 0 Å². The largest absolute Gasteiger partial charge is 0.481 e. The average Bonchev–Trinajstić information content (AvgIpc) is 2.93. The van der Waals surface area contributed by atoms with E-state index in [-0.39, 0.29) is 5.92 Å². The molecule has 0 aliphatic carbocycles. The third kappa shape index (κ3) is 3.79. The molecular weight excluding hydrogens is 322 g/mol. The van der Waals surface area contributed by atoms with Crippen LogP contribution in [0.2, 0.25) is 0 Å². The predicted molar refractivity (Wildman–Crippen MR) is 91.9 cm³/mol. The van der Waals surface area contributed by atoms with Crippen molar-refractivity contribution in [2.75, 3.05) is 25.1 Å². The lowest BCUT2D eigenvalue weighted by molar-refractivity contribution is -0.142. The minimum absolute atomic E-state index is 0.271. The molecule has 8 heteroatoms. The minimum Gasteiger partial charge on any atom is -0.481 e. The monoisotopic (exact) mass is 345 g/mol. The second-order valence-corrected chi connectivity index (χ2v) is 6.39. The molecule has 0 unspecified atom stereocenters. The number of methoxy groups -OCH3 is 1. The smallest absolute Gasteiger partial charge is 0.306 e. The van der Waals surface area contributed by atoms with E-state index in [0.29, 0.717) is 38.5 Å². The number of aliphatic carboxylic acids is 1. The van der Waals surface area contributed by atoms with Crippen LogP contribution in [-0.4, -0.2) is 51.0 Å². The molecule has 0 aromatic carbocycles. The van der Waals surface area contributed by atoms with Crippen LogP contribution in [0.5, 0.6) is 0 Å². The molecule has 0 spiro atoms. The first-order valence-electron chi connectivity index (χ1n) is 8.36. The van der Waals surface area contributed by atoms with Gasteiger partial charge in [-0.15, -0.1) is 0 Å². The highest BCUT2D eigenvalue weighted by molar-refractivity contribution is 5.70. The van der Waals surface area contributed by atoms with E-state index >= 15 is 0 Å². The molecule has 25 heavy (non-hydrogen) atoms. The SMILES string of the molecule is COCc1cc(N2CCC(C(=O)O)CC2)nc(-n2nc(C)cc2C)n1. The molecular formula is C17H23N5O3. The van der Waals surface area contributed by atoms with Crippen LogP contribution in [0.25, 0.3) is 5.95 Å². The maximum atomic E-state index is 11.1. The van der Waals surface area contributed by atoms with Crippen LogP contribution >= 0.6 is 0 Å². The molecule has 0 amide bonds. The summed E-state index contributed by atoms with van der Waals surface area (Å²) >= 11 is 0. The van der Waals surface area contributed by atoms with Gasteiger partial charge in [0.25, 0.3) is 5.95 Å². The Hall–Kier alpha value is -2.48. The first-order valence-corrected chi connectivity index (χ1v) is 8.36. The summed E-state index contributed by atoms with van der Waals surface area (Å²) < 4.78 is 6.95. The number of nitrogens with zero attached hydrogens (tertiary/aromatic N) is 5. The van der Waals surface area contributed by atoms with Crippen LogP contribution in [0.4, 0.5) is 5.82 Å². The molecule has 2 aromatic heterocycles. The Bertz CT molecular complexity index is 766. The van der Waals surface area contributed by atoms with Crippen LogP contribution in [0.1, 0.15) is 29.9 Å². The highest BCUT2D eigenvalue weighted by Crippen LogP contribution is 2.23. The number of rotatable bonds is 5. The molecule has 1 aliphatic rings. The van der Waals surface area contributed by atoms with Crippen molar-refractivity contribution in [2.45, 2.75) is 33.3 Å². The molecule has 1 N–H and O–H groups in total. The number of aryl methyl sites for hydroxylation is 2. The van der Waals surface area contributed by atoms with Crippen LogP contribution in [0.3, 0.4) is 0 Å². The maximum Gasteiger partial charge on any atom is 0.306 e. The number of carboxylic acids is 1. The lowest BCUT2D eigenvalue weighted by Gasteiger charge is -2.31. The number of anilines is 1. The maximum absolute atomic E-state index is 11.1. The van der Waals surface area contributed by atoms with Gasteiger partial charge in [-0.2, -0.15) is 10.1 Å². The normalized spacial score (nSPS) is 15.6. The van der Waals surface area contributed by atoms with Crippen LogP contribution in [-0.2, 0) is 16.1 Å². The minimum atomic E-state index is -0.717. The first kappa shape index (κ1) is 17.3. The third-order valence-corrected chi connectivity index (χ3v) is 4.41. The Morgan fingerprint density at radius 2 is 2.00 bits per heavy atom. The van der Waals surface area contributed by atoms with Gasteiger partial charge in [-0.1, -0.05) is 0 Å². The summed E-state index contributed by atoms with van der Waals surface area (Å²) in [4.78, 5) is 22.5. The number of aromatic nitrogens is 4. The fourth-order valence-electron chi connectivity index (χ4n) is 3.13. The number of piperidine rings is 1. The molecule has 3 rings (SSSR count). The summed E-state index contributed by atoms with van der Waals surface area (Å²) in [5.74, 6) is 0.307. The lowest BCUT2D eigenvalue weighted by Crippen LogP contribution is -2.37. The van der Waals surface area contributed by atoms with Gasteiger partial charge in [0.2, 0.25) is 0 Å². The third-order valence-electron chi connectivity index (χ3n) is 4.41. The van der Waals surface area contributed by atoms with E-state index in [1.165, 1.54) is 0 Å². The Kier molecular flexibility index (Phi) is 4.98. The second kappa shape index (κ2) is 7.18. The standard InChI is InChI=1S/C17H23N5O3/c1-11-8-12(2)22(20-11)17-18-14(10-25-3)9-15(19-17)21-6-4-13(5-7-21)16(23)24/h8-9,13H,4-7,10H2,1-3H3,(H,23,24). The van der Waals surface area contributed by atoms with Crippen molar-refractivity contribution in [1.29, 1.82) is 0 Å². The van der Waals surface area contributed by atoms with Gasteiger partial charge in [0, 0.05) is 32.0 Å². The van der Waals surface area contributed by atoms with E-state index < -0.39 is 5.97 Å². The summed E-state index contributed by atoms with van der Waals surface area (Å²) in [5.41, 5.74) is 2.64. The highest BCUT2D eigenvalue weighted by Gasteiger charge is 2.26. The molecule has 1 saturated heterocycles. The van der Waals surface area contributed by atoms with Gasteiger partial charge in [0.15, 0.2) is 0 Å². The fraction of sp³-hybridized carbons (Fsp3) is 0.529. The predicted octanol–water partition coefficient (Wildman–Crippen LogP) is 1.73.